The molecule has 1 rings (SSSR count). The molecule has 0 heterocycles. The average Bonchev–Trinajstić information content (AvgIpc) is 2.36. The van der Waals surface area contributed by atoms with Crippen molar-refractivity contribution in [1.82, 2.24) is 5.32 Å². The van der Waals surface area contributed by atoms with Crippen LogP contribution in [0.3, 0.4) is 0 Å². The molecule has 94 valence electrons. The molecule has 1 aromatic rings. The Kier molecular flexibility index (Phi) is 6.10. The van der Waals surface area contributed by atoms with E-state index in [4.69, 9.17) is 9.84 Å². The van der Waals surface area contributed by atoms with Crippen LogP contribution in [0.15, 0.2) is 24.3 Å². The minimum atomic E-state index is 0.0252. The lowest BCUT2D eigenvalue weighted by Crippen LogP contribution is -2.18. The molecule has 17 heavy (non-hydrogen) atoms. The first-order valence-electron chi connectivity index (χ1n) is 5.80. The fourth-order valence-electron chi connectivity index (χ4n) is 1.51. The Morgan fingerprint density at radius 2 is 2.18 bits per heavy atom. The first kappa shape index (κ1) is 13.5. The van der Waals surface area contributed by atoms with Gasteiger partial charge in [0.05, 0.1) is 6.61 Å². The number of hydrogen-bond acceptors (Lipinski definition) is 3. The highest BCUT2D eigenvalue weighted by atomic mass is 16.5. The summed E-state index contributed by atoms with van der Waals surface area (Å²) in [5, 5.41) is 11.5. The van der Waals surface area contributed by atoms with Crippen LogP contribution in [0.4, 0.5) is 0 Å². The summed E-state index contributed by atoms with van der Waals surface area (Å²) in [4.78, 5) is 11.0. The zero-order chi connectivity index (χ0) is 12.5. The number of hydrogen-bond donors (Lipinski definition) is 2. The Hall–Kier alpha value is -1.55. The number of para-hydroxylation sites is 1. The van der Waals surface area contributed by atoms with Gasteiger partial charge in [0.2, 0.25) is 5.91 Å². The van der Waals surface area contributed by atoms with Gasteiger partial charge in [0.1, 0.15) is 5.75 Å². The van der Waals surface area contributed by atoms with Gasteiger partial charge in [-0.1, -0.05) is 18.2 Å². The Labute approximate surface area is 102 Å². The highest BCUT2D eigenvalue weighted by Gasteiger charge is 2.03. The summed E-state index contributed by atoms with van der Waals surface area (Å²) >= 11 is 0. The maximum atomic E-state index is 11.0. The third-order valence-corrected chi connectivity index (χ3v) is 2.44. The third-order valence-electron chi connectivity index (χ3n) is 2.44. The third kappa shape index (κ3) is 4.87. The summed E-state index contributed by atoms with van der Waals surface area (Å²) in [6.07, 6.45) is 1.75. The van der Waals surface area contributed by atoms with E-state index in [-0.39, 0.29) is 12.5 Å². The molecule has 0 saturated heterocycles. The Morgan fingerprint density at radius 1 is 1.41 bits per heavy atom. The van der Waals surface area contributed by atoms with Crippen LogP contribution in [0.5, 0.6) is 5.75 Å². The van der Waals surface area contributed by atoms with E-state index in [1.807, 2.05) is 24.3 Å². The van der Waals surface area contributed by atoms with Crippen molar-refractivity contribution in [2.45, 2.75) is 19.3 Å². The van der Waals surface area contributed by atoms with Crippen LogP contribution in [-0.4, -0.2) is 31.3 Å². The molecule has 0 bridgehead atoms. The second-order valence-corrected chi connectivity index (χ2v) is 3.71. The second kappa shape index (κ2) is 7.68. The monoisotopic (exact) mass is 237 g/mol. The molecule has 4 nitrogen and oxygen atoms in total. The highest BCUT2D eigenvalue weighted by Crippen LogP contribution is 2.18. The number of carbonyl (C=O) groups excluding carboxylic acids is 1. The average molecular weight is 237 g/mol. The van der Waals surface area contributed by atoms with E-state index in [0.717, 1.165) is 11.3 Å². The predicted octanol–water partition coefficient (Wildman–Crippen LogP) is 1.13. The molecule has 4 heteroatoms. The molecule has 0 saturated carbocycles. The number of rotatable bonds is 7. The lowest BCUT2D eigenvalue weighted by molar-refractivity contribution is -0.120. The molecule has 0 aliphatic heterocycles. The largest absolute Gasteiger partial charge is 0.493 e. The van der Waals surface area contributed by atoms with E-state index in [1.54, 1.807) is 7.05 Å². The molecule has 0 aromatic heterocycles. The van der Waals surface area contributed by atoms with Crippen LogP contribution in [0, 0.1) is 0 Å². The molecular weight excluding hydrogens is 218 g/mol. The van der Waals surface area contributed by atoms with Gasteiger partial charge in [-0.2, -0.15) is 0 Å². The number of carbonyl (C=O) groups is 1. The van der Waals surface area contributed by atoms with Crippen LogP contribution >= 0.6 is 0 Å². The molecular formula is C13H19NO3. The molecule has 1 amide bonds. The molecule has 2 N–H and O–H groups in total. The van der Waals surface area contributed by atoms with Crippen molar-refractivity contribution >= 4 is 5.91 Å². The van der Waals surface area contributed by atoms with Crippen molar-refractivity contribution in [3.8, 4) is 5.75 Å². The van der Waals surface area contributed by atoms with E-state index in [9.17, 15) is 4.79 Å². The van der Waals surface area contributed by atoms with Gasteiger partial charge in [0.15, 0.2) is 0 Å². The van der Waals surface area contributed by atoms with Crippen molar-refractivity contribution in [3.05, 3.63) is 29.8 Å². The lowest BCUT2D eigenvalue weighted by atomic mass is 10.1. The van der Waals surface area contributed by atoms with Crippen molar-refractivity contribution < 1.29 is 14.6 Å². The maximum Gasteiger partial charge on any atom is 0.219 e. The van der Waals surface area contributed by atoms with Gasteiger partial charge in [0.25, 0.3) is 0 Å². The maximum absolute atomic E-state index is 11.0. The van der Waals surface area contributed by atoms with Gasteiger partial charge < -0.3 is 15.2 Å². The van der Waals surface area contributed by atoms with Crippen LogP contribution in [-0.2, 0) is 11.2 Å². The number of ether oxygens (including phenoxy) is 1. The number of aliphatic hydroxyl groups excluding tert-OH is 1. The van der Waals surface area contributed by atoms with Crippen LogP contribution < -0.4 is 10.1 Å². The van der Waals surface area contributed by atoms with Gasteiger partial charge >= 0.3 is 0 Å². The fraction of sp³-hybridized carbons (Fsp3) is 0.462. The molecule has 0 atom stereocenters. The van der Waals surface area contributed by atoms with E-state index in [2.05, 4.69) is 5.32 Å². The Balaban J connectivity index is 2.38. The summed E-state index contributed by atoms with van der Waals surface area (Å²) in [7, 11) is 1.62. The Bertz CT molecular complexity index is 352. The smallest absolute Gasteiger partial charge is 0.219 e. The van der Waals surface area contributed by atoms with E-state index < -0.39 is 0 Å². The number of aliphatic hydroxyl groups is 1. The topological polar surface area (TPSA) is 58.6 Å². The van der Waals surface area contributed by atoms with Crippen LogP contribution in [0.2, 0.25) is 0 Å². The minimum absolute atomic E-state index is 0.0252. The van der Waals surface area contributed by atoms with Gasteiger partial charge in [-0.05, 0) is 24.5 Å². The summed E-state index contributed by atoms with van der Waals surface area (Å²) in [6.45, 7) is 0.620. The number of benzene rings is 1. The van der Waals surface area contributed by atoms with Gasteiger partial charge in [-0.3, -0.25) is 4.79 Å². The first-order chi connectivity index (χ1) is 8.27. The summed E-state index contributed by atoms with van der Waals surface area (Å²) in [6, 6.07) is 7.63. The predicted molar refractivity (Wildman–Crippen MR) is 66.0 cm³/mol. The summed E-state index contributed by atoms with van der Waals surface area (Å²) < 4.78 is 5.59. The van der Waals surface area contributed by atoms with Gasteiger partial charge in [-0.15, -0.1) is 0 Å². The van der Waals surface area contributed by atoms with Crippen molar-refractivity contribution in [1.29, 1.82) is 0 Å². The normalized spacial score (nSPS) is 10.0. The molecule has 0 aliphatic rings. The zero-order valence-corrected chi connectivity index (χ0v) is 10.1. The number of nitrogens with one attached hydrogen (secondary N) is 1. The Morgan fingerprint density at radius 3 is 2.88 bits per heavy atom. The van der Waals surface area contributed by atoms with Crippen LogP contribution in [0.25, 0.3) is 0 Å². The van der Waals surface area contributed by atoms with E-state index in [1.165, 1.54) is 0 Å². The van der Waals surface area contributed by atoms with Gasteiger partial charge in [-0.25, -0.2) is 0 Å². The molecule has 0 unspecified atom stereocenters. The molecule has 1 aromatic carbocycles. The summed E-state index contributed by atoms with van der Waals surface area (Å²) in [5.74, 6) is 0.815. The molecule has 0 aliphatic carbocycles. The molecule has 0 radical (unpaired) electrons. The minimum Gasteiger partial charge on any atom is -0.493 e. The van der Waals surface area contributed by atoms with E-state index >= 15 is 0 Å². The lowest BCUT2D eigenvalue weighted by Gasteiger charge is -2.10. The highest BCUT2D eigenvalue weighted by molar-refractivity contribution is 5.75. The number of amides is 1. The molecule has 0 spiro atoms. The first-order valence-corrected chi connectivity index (χ1v) is 5.80. The summed E-state index contributed by atoms with van der Waals surface area (Å²) in [5.41, 5.74) is 0.995. The van der Waals surface area contributed by atoms with Crippen molar-refractivity contribution in [3.63, 3.8) is 0 Å². The van der Waals surface area contributed by atoms with Crippen molar-refractivity contribution in [2.24, 2.45) is 0 Å². The fourth-order valence-corrected chi connectivity index (χ4v) is 1.51. The van der Waals surface area contributed by atoms with Crippen LogP contribution in [0.1, 0.15) is 18.4 Å². The van der Waals surface area contributed by atoms with Gasteiger partial charge in [0, 0.05) is 20.1 Å². The zero-order valence-electron chi connectivity index (χ0n) is 10.1. The SMILES string of the molecule is CNC(=O)CCCOc1ccccc1CCO. The quantitative estimate of drug-likeness (QED) is 0.699. The molecule has 0 fully saturated rings. The standard InChI is InChI=1S/C13H19NO3/c1-14-13(16)7-4-10-17-12-6-3-2-5-11(12)8-9-15/h2-3,5-6,15H,4,7-10H2,1H3,(H,14,16). The van der Waals surface area contributed by atoms with Crippen molar-refractivity contribution in [2.75, 3.05) is 20.3 Å². The van der Waals surface area contributed by atoms with E-state index in [0.29, 0.717) is 25.9 Å². The second-order valence-electron chi connectivity index (χ2n) is 3.71.